The van der Waals surface area contributed by atoms with Gasteiger partial charge in [0.1, 0.15) is 5.75 Å². The standard InChI is InChI=1S/C18H10BrCl2NO4S2/c19-10-1-4-14(26-8-16(23)24)9(5-10)6-15-17(25)22(18(27)28-15)11-2-3-12(20)13(21)7-11/h1-7H,8H2,(H,23,24)/b15-6-. The van der Waals surface area contributed by atoms with Crippen LogP contribution in [0.2, 0.25) is 10.0 Å². The maximum absolute atomic E-state index is 12.9. The normalized spacial score (nSPS) is 15.4. The number of carboxylic acids is 1. The summed E-state index contributed by atoms with van der Waals surface area (Å²) < 4.78 is 6.40. The number of benzene rings is 2. The zero-order chi connectivity index (χ0) is 20.4. The van der Waals surface area contributed by atoms with E-state index in [9.17, 15) is 9.59 Å². The zero-order valence-corrected chi connectivity index (χ0v) is 18.5. The lowest BCUT2D eigenvalue weighted by molar-refractivity contribution is -0.139. The van der Waals surface area contributed by atoms with Crippen molar-refractivity contribution in [3.05, 3.63) is 61.4 Å². The fourth-order valence-electron chi connectivity index (χ4n) is 2.36. The molecule has 1 amide bonds. The third-order valence-electron chi connectivity index (χ3n) is 3.56. The minimum absolute atomic E-state index is 0.313. The number of anilines is 1. The van der Waals surface area contributed by atoms with Gasteiger partial charge in [-0.05, 0) is 42.5 Å². The summed E-state index contributed by atoms with van der Waals surface area (Å²) in [6.45, 7) is -0.493. The Balaban J connectivity index is 1.94. The van der Waals surface area contributed by atoms with Crippen molar-refractivity contribution in [2.24, 2.45) is 0 Å². The first kappa shape index (κ1) is 21.1. The van der Waals surface area contributed by atoms with Gasteiger partial charge in [0, 0.05) is 10.0 Å². The van der Waals surface area contributed by atoms with Gasteiger partial charge in [-0.15, -0.1) is 0 Å². The highest BCUT2D eigenvalue weighted by molar-refractivity contribution is 9.10. The van der Waals surface area contributed by atoms with Gasteiger partial charge in [-0.3, -0.25) is 9.69 Å². The average Bonchev–Trinajstić information content (AvgIpc) is 2.90. The Kier molecular flexibility index (Phi) is 6.67. The van der Waals surface area contributed by atoms with Gasteiger partial charge >= 0.3 is 5.97 Å². The number of hydrogen-bond donors (Lipinski definition) is 1. The quantitative estimate of drug-likeness (QED) is 0.409. The summed E-state index contributed by atoms with van der Waals surface area (Å²) in [5, 5.41) is 9.52. The summed E-state index contributed by atoms with van der Waals surface area (Å²) in [6, 6.07) is 9.88. The van der Waals surface area contributed by atoms with Gasteiger partial charge in [0.25, 0.3) is 5.91 Å². The van der Waals surface area contributed by atoms with E-state index in [0.29, 0.717) is 36.3 Å². The molecule has 0 aliphatic carbocycles. The van der Waals surface area contributed by atoms with Crippen LogP contribution in [0.15, 0.2) is 45.8 Å². The SMILES string of the molecule is O=C(O)COc1ccc(Br)cc1/C=C1\SC(=S)N(c2ccc(Cl)c(Cl)c2)C1=O. The number of thiocarbonyl (C=S) groups is 1. The Labute approximate surface area is 188 Å². The molecule has 0 bridgehead atoms. The molecule has 28 heavy (non-hydrogen) atoms. The molecule has 2 aromatic carbocycles. The molecule has 0 unspecified atom stereocenters. The number of carboxylic acid groups (broad SMARTS) is 1. The Morgan fingerprint density at radius 1 is 1.25 bits per heavy atom. The predicted octanol–water partition coefficient (Wildman–Crippen LogP) is 5.63. The van der Waals surface area contributed by atoms with Crippen LogP contribution in [0.3, 0.4) is 0 Å². The maximum Gasteiger partial charge on any atom is 0.341 e. The number of halogens is 3. The Hall–Kier alpha value is -1.58. The van der Waals surface area contributed by atoms with E-state index in [1.165, 1.54) is 4.90 Å². The van der Waals surface area contributed by atoms with Crippen molar-refractivity contribution in [3.63, 3.8) is 0 Å². The van der Waals surface area contributed by atoms with E-state index in [0.717, 1.165) is 16.2 Å². The lowest BCUT2D eigenvalue weighted by Gasteiger charge is -2.15. The summed E-state index contributed by atoms with van der Waals surface area (Å²) in [5.41, 5.74) is 1.06. The first-order valence-electron chi connectivity index (χ1n) is 7.63. The molecule has 0 aromatic heterocycles. The van der Waals surface area contributed by atoms with E-state index in [1.54, 1.807) is 42.5 Å². The maximum atomic E-state index is 12.9. The lowest BCUT2D eigenvalue weighted by atomic mass is 10.2. The fourth-order valence-corrected chi connectivity index (χ4v) is 4.32. The van der Waals surface area contributed by atoms with Gasteiger partial charge < -0.3 is 9.84 Å². The molecule has 0 saturated carbocycles. The molecule has 0 spiro atoms. The first-order chi connectivity index (χ1) is 13.3. The number of ether oxygens (including phenoxy) is 1. The van der Waals surface area contributed by atoms with E-state index in [4.69, 9.17) is 45.3 Å². The van der Waals surface area contributed by atoms with Crippen LogP contribution in [0.5, 0.6) is 5.75 Å². The van der Waals surface area contributed by atoms with Crippen molar-refractivity contribution < 1.29 is 19.4 Å². The Morgan fingerprint density at radius 3 is 2.68 bits per heavy atom. The molecule has 3 rings (SSSR count). The minimum atomic E-state index is -1.10. The van der Waals surface area contributed by atoms with Crippen molar-refractivity contribution >= 4 is 91.1 Å². The second kappa shape index (κ2) is 8.84. The monoisotopic (exact) mass is 517 g/mol. The molecule has 0 radical (unpaired) electrons. The van der Waals surface area contributed by atoms with Crippen LogP contribution in [-0.4, -0.2) is 27.9 Å². The van der Waals surface area contributed by atoms with Crippen LogP contribution in [0.1, 0.15) is 5.56 Å². The molecular weight excluding hydrogens is 509 g/mol. The third-order valence-corrected chi connectivity index (χ3v) is 6.10. The van der Waals surface area contributed by atoms with Crippen LogP contribution >= 0.6 is 63.1 Å². The zero-order valence-electron chi connectivity index (χ0n) is 13.8. The molecule has 1 N–H and O–H groups in total. The van der Waals surface area contributed by atoms with Gasteiger partial charge in [0.05, 0.1) is 20.6 Å². The van der Waals surface area contributed by atoms with Gasteiger partial charge in [-0.2, -0.15) is 0 Å². The molecule has 10 heteroatoms. The lowest BCUT2D eigenvalue weighted by Crippen LogP contribution is -2.27. The number of carbonyl (C=O) groups is 2. The highest BCUT2D eigenvalue weighted by Gasteiger charge is 2.33. The summed E-state index contributed by atoms with van der Waals surface area (Å²) in [4.78, 5) is 25.4. The number of amides is 1. The van der Waals surface area contributed by atoms with Gasteiger partial charge in [-0.1, -0.05) is 63.1 Å². The molecule has 1 aliphatic rings. The fraction of sp³-hybridized carbons (Fsp3) is 0.0556. The number of rotatable bonds is 5. The smallest absolute Gasteiger partial charge is 0.341 e. The molecule has 1 heterocycles. The Bertz CT molecular complexity index is 1030. The van der Waals surface area contributed by atoms with Crippen molar-refractivity contribution in [1.29, 1.82) is 0 Å². The first-order valence-corrected chi connectivity index (χ1v) is 10.4. The van der Waals surface area contributed by atoms with Crippen molar-refractivity contribution in [3.8, 4) is 5.75 Å². The summed E-state index contributed by atoms with van der Waals surface area (Å²) >= 11 is 21.8. The Morgan fingerprint density at radius 2 is 2.00 bits per heavy atom. The number of hydrogen-bond acceptors (Lipinski definition) is 5. The van der Waals surface area contributed by atoms with Gasteiger partial charge in [0.15, 0.2) is 10.9 Å². The van der Waals surface area contributed by atoms with Crippen LogP contribution in [0, 0.1) is 0 Å². The molecule has 1 saturated heterocycles. The third kappa shape index (κ3) is 4.69. The van der Waals surface area contributed by atoms with Crippen LogP contribution in [0.25, 0.3) is 6.08 Å². The van der Waals surface area contributed by atoms with Crippen LogP contribution in [0.4, 0.5) is 5.69 Å². The van der Waals surface area contributed by atoms with Gasteiger partial charge in [0.2, 0.25) is 0 Å². The topological polar surface area (TPSA) is 66.8 Å². The highest BCUT2D eigenvalue weighted by Crippen LogP contribution is 2.39. The van der Waals surface area contributed by atoms with Gasteiger partial charge in [-0.25, -0.2) is 4.79 Å². The summed E-state index contributed by atoms with van der Waals surface area (Å²) in [6.07, 6.45) is 1.61. The van der Waals surface area contributed by atoms with E-state index in [1.807, 2.05) is 0 Å². The molecule has 2 aromatic rings. The minimum Gasteiger partial charge on any atom is -0.481 e. The summed E-state index contributed by atoms with van der Waals surface area (Å²) in [7, 11) is 0. The van der Waals surface area contributed by atoms with E-state index in [-0.39, 0.29) is 5.91 Å². The number of thioether (sulfide) groups is 1. The van der Waals surface area contributed by atoms with E-state index >= 15 is 0 Å². The van der Waals surface area contributed by atoms with E-state index in [2.05, 4.69) is 15.9 Å². The molecular formula is C18H10BrCl2NO4S2. The van der Waals surface area contributed by atoms with Crippen molar-refractivity contribution in [1.82, 2.24) is 0 Å². The highest BCUT2D eigenvalue weighted by atomic mass is 79.9. The molecule has 0 atom stereocenters. The van der Waals surface area contributed by atoms with Crippen molar-refractivity contribution in [2.75, 3.05) is 11.5 Å². The van der Waals surface area contributed by atoms with Crippen LogP contribution < -0.4 is 9.64 Å². The second-order valence-corrected chi connectivity index (χ2v) is 8.89. The number of nitrogens with zero attached hydrogens (tertiary/aromatic N) is 1. The molecule has 1 aliphatic heterocycles. The molecule has 144 valence electrons. The van der Waals surface area contributed by atoms with E-state index < -0.39 is 12.6 Å². The summed E-state index contributed by atoms with van der Waals surface area (Å²) in [5.74, 6) is -1.08. The van der Waals surface area contributed by atoms with Crippen LogP contribution in [-0.2, 0) is 9.59 Å². The number of carbonyl (C=O) groups excluding carboxylic acids is 1. The molecule has 5 nitrogen and oxygen atoms in total. The van der Waals surface area contributed by atoms with Crippen molar-refractivity contribution in [2.45, 2.75) is 0 Å². The molecule has 1 fully saturated rings. The largest absolute Gasteiger partial charge is 0.481 e. The number of aliphatic carboxylic acids is 1. The predicted molar refractivity (Wildman–Crippen MR) is 119 cm³/mol. The average molecular weight is 519 g/mol. The second-order valence-electron chi connectivity index (χ2n) is 5.48.